The van der Waals surface area contributed by atoms with Gasteiger partial charge in [0.2, 0.25) is 5.91 Å². The van der Waals surface area contributed by atoms with E-state index in [0.29, 0.717) is 6.54 Å². The molecule has 152 valence electrons. The minimum absolute atomic E-state index is 0.0535. The first-order valence-corrected chi connectivity index (χ1v) is 12.3. The molecule has 2 fully saturated rings. The lowest BCUT2D eigenvalue weighted by atomic mass is 10.2. The Bertz CT molecular complexity index is 881. The van der Waals surface area contributed by atoms with Crippen molar-refractivity contribution in [3.8, 4) is 0 Å². The van der Waals surface area contributed by atoms with Crippen molar-refractivity contribution >= 4 is 38.4 Å². The van der Waals surface area contributed by atoms with Gasteiger partial charge in [0.1, 0.15) is 6.54 Å². The summed E-state index contributed by atoms with van der Waals surface area (Å²) >= 11 is 1.47. The van der Waals surface area contributed by atoms with E-state index in [1.807, 2.05) is 36.1 Å². The van der Waals surface area contributed by atoms with E-state index in [0.717, 1.165) is 35.9 Å². The van der Waals surface area contributed by atoms with Crippen LogP contribution in [0.5, 0.6) is 0 Å². The van der Waals surface area contributed by atoms with Gasteiger partial charge >= 0.3 is 0 Å². The van der Waals surface area contributed by atoms with Gasteiger partial charge < -0.3 is 15.0 Å². The Morgan fingerprint density at radius 2 is 2.25 bits per heavy atom. The van der Waals surface area contributed by atoms with E-state index in [1.54, 1.807) is 0 Å². The molecule has 0 saturated carbocycles. The quantitative estimate of drug-likeness (QED) is 0.770. The molecule has 4 rings (SSSR count). The number of anilines is 1. The molecule has 1 N–H and O–H groups in total. The minimum Gasteiger partial charge on any atom is -0.376 e. The number of sulfone groups is 1. The van der Waals surface area contributed by atoms with E-state index in [9.17, 15) is 13.2 Å². The number of thioether (sulfide) groups is 1. The second-order valence-corrected chi connectivity index (χ2v) is 10.9. The lowest BCUT2D eigenvalue weighted by Crippen LogP contribution is -2.42. The monoisotopic (exact) mass is 423 g/mol. The van der Waals surface area contributed by atoms with Crippen LogP contribution >= 0.6 is 11.8 Å². The maximum absolute atomic E-state index is 12.6. The molecule has 7 nitrogen and oxygen atoms in total. The van der Waals surface area contributed by atoms with Gasteiger partial charge in [0.25, 0.3) is 0 Å². The van der Waals surface area contributed by atoms with E-state index in [2.05, 4.69) is 10.3 Å². The number of nitrogens with zero attached hydrogens (tertiary/aromatic N) is 2. The maximum Gasteiger partial charge on any atom is 0.240 e. The lowest BCUT2D eigenvalue weighted by Gasteiger charge is -2.24. The van der Waals surface area contributed by atoms with Crippen LogP contribution in [0.4, 0.5) is 5.69 Å². The second-order valence-electron chi connectivity index (χ2n) is 7.58. The molecule has 3 heterocycles. The highest BCUT2D eigenvalue weighted by Gasteiger charge is 2.44. The molecule has 3 unspecified atom stereocenters. The van der Waals surface area contributed by atoms with Crippen molar-refractivity contribution in [2.45, 2.75) is 37.2 Å². The summed E-state index contributed by atoms with van der Waals surface area (Å²) in [6, 6.07) is 7.71. The number of fused-ring (bicyclic) bond motifs is 1. The minimum atomic E-state index is -3.01. The number of amides is 1. The fourth-order valence-electron chi connectivity index (χ4n) is 3.77. The standard InChI is InChI=1S/C19H25N3O4S2/c1-13-4-2-5-14(8-13)22(10-18(23)20-9-15-6-3-7-26-15)19-21-16-11-28(24,25)12-17(16)27-19/h2,4-5,8,15-17H,3,6-7,9-12H2,1H3,(H,20,23). The number of aryl methyl sites for hydroxylation is 1. The Hall–Kier alpha value is -1.58. The third-order valence-corrected chi connectivity index (χ3v) is 8.45. The number of rotatable bonds is 5. The van der Waals surface area contributed by atoms with Crippen molar-refractivity contribution < 1.29 is 17.9 Å². The van der Waals surface area contributed by atoms with Gasteiger partial charge in [-0.25, -0.2) is 8.42 Å². The first-order chi connectivity index (χ1) is 13.4. The van der Waals surface area contributed by atoms with E-state index >= 15 is 0 Å². The Kier molecular flexibility index (Phi) is 5.66. The zero-order chi connectivity index (χ0) is 19.7. The summed E-state index contributed by atoms with van der Waals surface area (Å²) in [7, 11) is -3.01. The number of nitrogens with one attached hydrogen (secondary N) is 1. The van der Waals surface area contributed by atoms with Crippen LogP contribution in [0, 0.1) is 6.92 Å². The normalized spacial score (nSPS) is 28.0. The number of ether oxygens (including phenoxy) is 1. The van der Waals surface area contributed by atoms with Crippen LogP contribution in [0.1, 0.15) is 18.4 Å². The van der Waals surface area contributed by atoms with E-state index in [-0.39, 0.29) is 41.4 Å². The molecule has 3 aliphatic rings. The molecule has 0 aliphatic carbocycles. The predicted molar refractivity (Wildman–Crippen MR) is 112 cm³/mol. The van der Waals surface area contributed by atoms with Crippen LogP contribution in [0.25, 0.3) is 0 Å². The summed E-state index contributed by atoms with van der Waals surface area (Å²) in [5.74, 6) is 0.161. The van der Waals surface area contributed by atoms with Crippen LogP contribution in [0.15, 0.2) is 29.3 Å². The molecule has 3 atom stereocenters. The number of amidine groups is 1. The Balaban J connectivity index is 1.49. The molecule has 1 aromatic rings. The lowest BCUT2D eigenvalue weighted by molar-refractivity contribution is -0.120. The summed E-state index contributed by atoms with van der Waals surface area (Å²) in [6.07, 6.45) is 2.11. The van der Waals surface area contributed by atoms with Gasteiger partial charge in [-0.1, -0.05) is 23.9 Å². The van der Waals surface area contributed by atoms with Gasteiger partial charge in [0.05, 0.1) is 23.7 Å². The number of hydrogen-bond donors (Lipinski definition) is 1. The molecule has 3 aliphatic heterocycles. The molecular weight excluding hydrogens is 398 g/mol. The fourth-order valence-corrected chi connectivity index (χ4v) is 7.55. The first kappa shape index (κ1) is 19.7. The highest BCUT2D eigenvalue weighted by molar-refractivity contribution is 8.15. The largest absolute Gasteiger partial charge is 0.376 e. The average molecular weight is 424 g/mol. The molecule has 0 aromatic heterocycles. The highest BCUT2D eigenvalue weighted by atomic mass is 32.2. The fraction of sp³-hybridized carbons (Fsp3) is 0.579. The van der Waals surface area contributed by atoms with E-state index in [4.69, 9.17) is 4.74 Å². The third kappa shape index (κ3) is 4.52. The summed E-state index contributed by atoms with van der Waals surface area (Å²) in [4.78, 5) is 19.2. The molecular formula is C19H25N3O4S2. The van der Waals surface area contributed by atoms with Crippen LogP contribution in [0.3, 0.4) is 0 Å². The summed E-state index contributed by atoms with van der Waals surface area (Å²) in [5, 5.41) is 3.63. The van der Waals surface area contributed by atoms with Crippen molar-refractivity contribution in [2.75, 3.05) is 36.1 Å². The predicted octanol–water partition coefficient (Wildman–Crippen LogP) is 1.37. The number of carbonyl (C=O) groups excluding carboxylic acids is 1. The number of benzene rings is 1. The first-order valence-electron chi connectivity index (χ1n) is 9.57. The molecule has 0 bridgehead atoms. The van der Waals surface area contributed by atoms with Gasteiger partial charge in [-0.05, 0) is 37.5 Å². The van der Waals surface area contributed by atoms with Crippen LogP contribution < -0.4 is 10.2 Å². The molecule has 2 saturated heterocycles. The second kappa shape index (κ2) is 8.04. The zero-order valence-electron chi connectivity index (χ0n) is 15.8. The molecule has 0 spiro atoms. The maximum atomic E-state index is 12.6. The number of hydrogen-bond acceptors (Lipinski definition) is 7. The van der Waals surface area contributed by atoms with E-state index < -0.39 is 9.84 Å². The van der Waals surface area contributed by atoms with Gasteiger partial charge in [-0.2, -0.15) is 0 Å². The van der Waals surface area contributed by atoms with Crippen molar-refractivity contribution in [1.29, 1.82) is 0 Å². The summed E-state index contributed by atoms with van der Waals surface area (Å²) in [5.41, 5.74) is 1.98. The molecule has 28 heavy (non-hydrogen) atoms. The third-order valence-electron chi connectivity index (χ3n) is 5.20. The van der Waals surface area contributed by atoms with Gasteiger partial charge in [-0.3, -0.25) is 9.79 Å². The van der Waals surface area contributed by atoms with Crippen LogP contribution in [-0.2, 0) is 19.4 Å². The smallest absolute Gasteiger partial charge is 0.240 e. The van der Waals surface area contributed by atoms with Crippen molar-refractivity contribution in [2.24, 2.45) is 4.99 Å². The van der Waals surface area contributed by atoms with Crippen LogP contribution in [0.2, 0.25) is 0 Å². The van der Waals surface area contributed by atoms with Crippen molar-refractivity contribution in [3.05, 3.63) is 29.8 Å². The SMILES string of the molecule is Cc1cccc(N(CC(=O)NCC2CCCO2)C2=NC3CS(=O)(=O)CC3S2)c1. The van der Waals surface area contributed by atoms with Gasteiger partial charge in [0, 0.05) is 24.1 Å². The zero-order valence-corrected chi connectivity index (χ0v) is 17.5. The Morgan fingerprint density at radius 3 is 2.96 bits per heavy atom. The Labute approximate surface area is 169 Å². The molecule has 1 amide bonds. The van der Waals surface area contributed by atoms with Crippen molar-refractivity contribution in [3.63, 3.8) is 0 Å². The number of aliphatic imine (C=N–C) groups is 1. The Morgan fingerprint density at radius 1 is 1.39 bits per heavy atom. The summed E-state index contributed by atoms with van der Waals surface area (Å²) in [6.45, 7) is 3.43. The van der Waals surface area contributed by atoms with Crippen molar-refractivity contribution in [1.82, 2.24) is 5.32 Å². The van der Waals surface area contributed by atoms with Gasteiger partial charge in [0.15, 0.2) is 15.0 Å². The van der Waals surface area contributed by atoms with Crippen LogP contribution in [-0.4, -0.2) is 68.1 Å². The topological polar surface area (TPSA) is 88.1 Å². The van der Waals surface area contributed by atoms with E-state index in [1.165, 1.54) is 11.8 Å². The molecule has 0 radical (unpaired) electrons. The molecule has 9 heteroatoms. The summed E-state index contributed by atoms with van der Waals surface area (Å²) < 4.78 is 29.3. The average Bonchev–Trinajstić information content (AvgIpc) is 3.32. The van der Waals surface area contributed by atoms with Gasteiger partial charge in [-0.15, -0.1) is 0 Å². The number of carbonyl (C=O) groups is 1. The molecule has 1 aromatic carbocycles. The highest BCUT2D eigenvalue weighted by Crippen LogP contribution is 2.36.